The van der Waals surface area contributed by atoms with Gasteiger partial charge in [0.25, 0.3) is 0 Å². The summed E-state index contributed by atoms with van der Waals surface area (Å²) in [6, 6.07) is 12.0. The van der Waals surface area contributed by atoms with E-state index in [4.69, 9.17) is 0 Å². The van der Waals surface area contributed by atoms with Gasteiger partial charge in [0.1, 0.15) is 9.84 Å². The number of sulfone groups is 1. The second-order valence-electron chi connectivity index (χ2n) is 3.40. The van der Waals surface area contributed by atoms with Crippen molar-refractivity contribution in [1.82, 2.24) is 0 Å². The summed E-state index contributed by atoms with van der Waals surface area (Å²) in [5, 5.41) is 0. The molecule has 1 aromatic carbocycles. The Bertz CT molecular complexity index is 438. The van der Waals surface area contributed by atoms with Gasteiger partial charge in [-0.25, -0.2) is 16.8 Å². The van der Waals surface area contributed by atoms with Gasteiger partial charge in [-0.2, -0.15) is 0 Å². The van der Waals surface area contributed by atoms with E-state index < -0.39 is 25.7 Å². The van der Waals surface area contributed by atoms with Crippen LogP contribution in [0.3, 0.4) is 0 Å². The molecule has 18 heavy (non-hydrogen) atoms. The molecule has 0 heterocycles. The van der Waals surface area contributed by atoms with Crippen LogP contribution in [0.4, 0.5) is 0 Å². The Hall–Kier alpha value is -0.323. The molecule has 5 nitrogen and oxygen atoms in total. The zero-order chi connectivity index (χ0) is 13.4. The predicted octanol–water partition coefficient (Wildman–Crippen LogP) is -2.34. The fourth-order valence-corrected chi connectivity index (χ4v) is 2.23. The molecular weight excluding hydrogens is 271 g/mol. The minimum Gasteiger partial charge on any atom is -0.748 e. The third-order valence-electron chi connectivity index (χ3n) is 1.58. The van der Waals surface area contributed by atoms with Crippen LogP contribution in [0.5, 0.6) is 0 Å². The Morgan fingerprint density at radius 1 is 0.833 bits per heavy atom. The topological polar surface area (TPSA) is 91.3 Å². The van der Waals surface area contributed by atoms with Crippen LogP contribution >= 0.6 is 0 Å². The molecule has 0 bridgehead atoms. The molecule has 0 saturated heterocycles. The van der Waals surface area contributed by atoms with Crippen LogP contribution in [0.1, 0.15) is 6.42 Å². The van der Waals surface area contributed by atoms with Crippen LogP contribution < -0.4 is 18.9 Å². The van der Waals surface area contributed by atoms with Crippen LogP contribution in [0.25, 0.3) is 0 Å². The number of rotatable bonds is 4. The molecule has 0 aliphatic carbocycles. The molecule has 0 radical (unpaired) electrons. The minimum atomic E-state index is -4.26. The average molecular weight is 286 g/mol. The second kappa shape index (κ2) is 9.59. The van der Waals surface area contributed by atoms with Crippen LogP contribution in [0, 0.1) is 0 Å². The summed E-state index contributed by atoms with van der Waals surface area (Å²) in [5.41, 5.74) is 0. The Labute approximate surface area is 120 Å². The van der Waals surface area contributed by atoms with Gasteiger partial charge in [0.05, 0.1) is 15.9 Å². The van der Waals surface area contributed by atoms with E-state index in [0.717, 1.165) is 6.26 Å². The smallest absolute Gasteiger partial charge is 0.748 e. The Balaban J connectivity index is 0. The summed E-state index contributed by atoms with van der Waals surface area (Å²) < 4.78 is 50.7. The number of hydrogen-bond donors (Lipinski definition) is 0. The van der Waals surface area contributed by atoms with Crippen LogP contribution in [0.15, 0.2) is 36.4 Å². The maximum atomic E-state index is 10.4. The summed E-state index contributed by atoms with van der Waals surface area (Å²) in [6.45, 7) is 0. The molecule has 0 unspecified atom stereocenters. The van der Waals surface area contributed by atoms with Gasteiger partial charge in [-0.3, -0.25) is 0 Å². The van der Waals surface area contributed by atoms with Gasteiger partial charge in [0.15, 0.2) is 0 Å². The molecule has 0 amide bonds. The maximum Gasteiger partial charge on any atom is 1.00 e. The molecule has 0 fully saturated rings. The Morgan fingerprint density at radius 3 is 1.39 bits per heavy atom. The first-order valence-electron chi connectivity index (χ1n) is 4.82. The van der Waals surface area contributed by atoms with Gasteiger partial charge in [0.2, 0.25) is 0 Å². The first-order valence-corrected chi connectivity index (χ1v) is 8.46. The molecule has 0 aliphatic rings. The van der Waals surface area contributed by atoms with Gasteiger partial charge < -0.3 is 4.55 Å². The Morgan fingerprint density at radius 2 is 1.17 bits per heavy atom. The second-order valence-corrected chi connectivity index (χ2v) is 7.18. The average Bonchev–Trinajstić information content (AvgIpc) is 2.17. The summed E-state index contributed by atoms with van der Waals surface area (Å²) in [5.74, 6) is -0.867. The molecule has 98 valence electrons. The van der Waals surface area contributed by atoms with Gasteiger partial charge >= 0.3 is 18.9 Å². The third-order valence-corrected chi connectivity index (χ3v) is 3.40. The van der Waals surface area contributed by atoms with E-state index in [1.54, 1.807) is 0 Å². The van der Waals surface area contributed by atoms with Crippen molar-refractivity contribution in [2.24, 2.45) is 0 Å². The fraction of sp³-hybridized carbons (Fsp3) is 0.400. The van der Waals surface area contributed by atoms with E-state index in [-0.39, 0.29) is 31.0 Å². The minimum absolute atomic E-state index is 0. The molecular formula is C10H15LiO5S2. The van der Waals surface area contributed by atoms with Crippen molar-refractivity contribution in [3.05, 3.63) is 36.4 Å². The Kier molecular flexibility index (Phi) is 10.7. The maximum absolute atomic E-state index is 10.4. The van der Waals surface area contributed by atoms with Crippen molar-refractivity contribution < 1.29 is 40.2 Å². The number of hydrogen-bond acceptors (Lipinski definition) is 5. The molecule has 0 aliphatic heterocycles. The monoisotopic (exact) mass is 286 g/mol. The van der Waals surface area contributed by atoms with Crippen LogP contribution in [-0.4, -0.2) is 39.1 Å². The van der Waals surface area contributed by atoms with Crippen molar-refractivity contribution in [2.45, 2.75) is 6.42 Å². The quantitative estimate of drug-likeness (QED) is 0.457. The van der Waals surface area contributed by atoms with Crippen molar-refractivity contribution in [3.63, 3.8) is 0 Å². The molecule has 1 rings (SSSR count). The van der Waals surface area contributed by atoms with Gasteiger partial charge in [0, 0.05) is 12.0 Å². The standard InChI is InChI=1S/C6H6.C4H10O5S2.Li/c1-2-4-6-5-3-1;1-10(5,6)3-2-4-11(7,8)9;/h1-6H;2-4H2,1H3,(H,7,8,9);/q;;+1/p-1. The van der Waals surface area contributed by atoms with E-state index in [1.807, 2.05) is 36.4 Å². The van der Waals surface area contributed by atoms with Crippen molar-refractivity contribution >= 4 is 20.0 Å². The predicted molar refractivity (Wildman–Crippen MR) is 65.3 cm³/mol. The van der Waals surface area contributed by atoms with Crippen molar-refractivity contribution in [3.8, 4) is 0 Å². The zero-order valence-electron chi connectivity index (χ0n) is 10.4. The van der Waals surface area contributed by atoms with Gasteiger partial charge in [-0.1, -0.05) is 36.4 Å². The molecule has 1 aromatic rings. The van der Waals surface area contributed by atoms with E-state index in [1.165, 1.54) is 0 Å². The summed E-state index contributed by atoms with van der Waals surface area (Å²) in [7, 11) is -7.41. The summed E-state index contributed by atoms with van der Waals surface area (Å²) >= 11 is 0. The van der Waals surface area contributed by atoms with E-state index in [2.05, 4.69) is 0 Å². The normalized spacial score (nSPS) is 10.8. The number of benzene rings is 1. The summed E-state index contributed by atoms with van der Waals surface area (Å²) in [4.78, 5) is 0. The molecule has 0 N–H and O–H groups in total. The zero-order valence-corrected chi connectivity index (χ0v) is 12.1. The van der Waals surface area contributed by atoms with Crippen molar-refractivity contribution in [2.75, 3.05) is 17.8 Å². The largest absolute Gasteiger partial charge is 1.00 e. The molecule has 0 saturated carbocycles. The molecule has 8 heteroatoms. The van der Waals surface area contributed by atoms with Gasteiger partial charge in [-0.15, -0.1) is 0 Å². The summed E-state index contributed by atoms with van der Waals surface area (Å²) in [6.07, 6.45) is 0.870. The van der Waals surface area contributed by atoms with E-state index >= 15 is 0 Å². The molecule has 0 spiro atoms. The first kappa shape index (κ1) is 20.0. The third kappa shape index (κ3) is 18.1. The fourth-order valence-electron chi connectivity index (χ4n) is 0.883. The first-order chi connectivity index (χ1) is 7.71. The van der Waals surface area contributed by atoms with Crippen LogP contribution in [-0.2, 0) is 20.0 Å². The van der Waals surface area contributed by atoms with E-state index in [0.29, 0.717) is 0 Å². The van der Waals surface area contributed by atoms with Crippen molar-refractivity contribution in [1.29, 1.82) is 0 Å². The van der Waals surface area contributed by atoms with E-state index in [9.17, 15) is 21.4 Å². The van der Waals surface area contributed by atoms with Gasteiger partial charge in [-0.05, 0) is 6.42 Å². The SMILES string of the molecule is CS(=O)(=O)CCCS(=O)(=O)[O-].[Li+].c1ccccc1. The molecule has 0 atom stereocenters. The van der Waals surface area contributed by atoms with Crippen LogP contribution in [0.2, 0.25) is 0 Å². The molecule has 0 aromatic heterocycles.